The predicted molar refractivity (Wildman–Crippen MR) is 271 cm³/mol. The number of amides is 9. The van der Waals surface area contributed by atoms with Crippen LogP contribution < -0.4 is 53.8 Å². The average Bonchev–Trinajstić information content (AvgIpc) is 3.61. The van der Waals surface area contributed by atoms with Crippen LogP contribution >= 0.6 is 11.8 Å². The van der Waals surface area contributed by atoms with E-state index in [1.807, 2.05) is 0 Å². The summed E-state index contributed by atoms with van der Waals surface area (Å²) in [7, 11) is 1.28. The summed E-state index contributed by atoms with van der Waals surface area (Å²) < 4.78 is 0. The second-order valence-corrected chi connectivity index (χ2v) is 19.0. The first kappa shape index (κ1) is 60.8. The summed E-state index contributed by atoms with van der Waals surface area (Å²) in [5, 5.41) is 47.2. The molecule has 0 bridgehead atoms. The maximum Gasteiger partial charge on any atom is 0.327 e. The number of carboxylic acid groups (broad SMARTS) is 3. The van der Waals surface area contributed by atoms with Crippen LogP contribution in [0.5, 0.6) is 0 Å². The van der Waals surface area contributed by atoms with Crippen molar-refractivity contribution in [3.05, 3.63) is 52.1 Å². The highest BCUT2D eigenvalue weighted by atomic mass is 32.2. The Bertz CT molecular complexity index is 2820. The van der Waals surface area contributed by atoms with Crippen molar-refractivity contribution in [3.8, 4) is 0 Å². The van der Waals surface area contributed by atoms with Crippen molar-refractivity contribution in [1.29, 1.82) is 0 Å². The first-order chi connectivity index (χ1) is 36.2. The highest BCUT2D eigenvalue weighted by molar-refractivity contribution is 8.00. The van der Waals surface area contributed by atoms with Gasteiger partial charge in [-0.25, -0.2) is 14.8 Å². The van der Waals surface area contributed by atoms with E-state index in [9.17, 15) is 77.6 Å². The standard InChI is InChI=1S/C46H60N14O16S/c1-20(50-40(70)24-7-9-25(10-8-24)48-17-26-18-49-36-35(54-26)43(73)59-46(47)58-36)6-13-31(61)51-21(2)37(67)55-27(11-14-33(63)64)41(71)52-22(3)38(68)56-28(12-15-34(65)66)42(72)53-23(4)39(69)57-29(45(75)76)19-77-30-16-32(62)60(5)44(30)74/h7-10,18,20-23,27-30,48H,6,11-17,19H2,1-5H3,(H,50,70)(H,51,61)(H,52,71)(H,53,72)(H,55,67)(H,56,68)(H,57,69)(H,63,64)(H,65,66)(H,75,76)(H3,47,49,58,59,73)/t20-,21+,22+,23+,27-,28-,29-,30?/m1/s1. The minimum atomic E-state index is -1.63. The number of H-pyrrole nitrogens is 1. The van der Waals surface area contributed by atoms with Crippen LogP contribution in [-0.4, -0.2) is 172 Å². The number of anilines is 2. The number of imide groups is 1. The number of benzene rings is 1. The van der Waals surface area contributed by atoms with Crippen molar-refractivity contribution in [1.82, 2.24) is 62.1 Å². The number of nitrogens with zero attached hydrogens (tertiary/aromatic N) is 4. The molecule has 3 heterocycles. The Labute approximate surface area is 442 Å². The van der Waals surface area contributed by atoms with Crippen LogP contribution in [0.2, 0.25) is 0 Å². The van der Waals surface area contributed by atoms with Crippen LogP contribution in [0.15, 0.2) is 35.3 Å². The summed E-state index contributed by atoms with van der Waals surface area (Å²) in [5.74, 6) is -11.7. The quantitative estimate of drug-likeness (QED) is 0.0310. The molecule has 1 saturated heterocycles. The number of carbonyl (C=O) groups is 12. The van der Waals surface area contributed by atoms with Gasteiger partial charge in [-0.1, -0.05) is 0 Å². The Hall–Kier alpha value is -8.77. The zero-order valence-electron chi connectivity index (χ0n) is 42.3. The number of carboxylic acids is 3. The highest BCUT2D eigenvalue weighted by Crippen LogP contribution is 2.25. The van der Waals surface area contributed by atoms with Crippen molar-refractivity contribution < 1.29 is 72.9 Å². The van der Waals surface area contributed by atoms with Crippen LogP contribution in [0, 0.1) is 0 Å². The summed E-state index contributed by atoms with van der Waals surface area (Å²) in [6.45, 7) is 5.48. The minimum absolute atomic E-state index is 0.0234. The van der Waals surface area contributed by atoms with Gasteiger partial charge in [0.05, 0.1) is 23.7 Å². The number of nitrogens with two attached hydrogens (primary N) is 1. The third kappa shape index (κ3) is 18.8. The fraction of sp³-hybridized carbons (Fsp3) is 0.478. The first-order valence-electron chi connectivity index (χ1n) is 23.8. The van der Waals surface area contributed by atoms with Crippen LogP contribution in [0.25, 0.3) is 11.2 Å². The molecule has 0 radical (unpaired) electrons. The molecule has 2 aromatic heterocycles. The number of fused-ring (bicyclic) bond motifs is 1. The van der Waals surface area contributed by atoms with E-state index in [4.69, 9.17) is 5.73 Å². The second kappa shape index (κ2) is 28.2. The molecule has 31 heteroatoms. The molecule has 8 atom stereocenters. The normalized spacial score (nSPS) is 15.8. The number of aliphatic carboxylic acids is 3. The van der Waals surface area contributed by atoms with Gasteiger partial charge in [0.15, 0.2) is 11.2 Å². The zero-order chi connectivity index (χ0) is 57.3. The Balaban J connectivity index is 1.24. The SMILES string of the molecule is C[C@H](CCC(=O)N[C@@H](C)C(=O)N[C@H](CCC(=O)O)C(=O)N[C@@H](C)C(=O)N[C@H](CCC(=O)O)C(=O)N[C@@H](C)C(=O)N[C@H](CSC1CC(=O)N(C)C1=O)C(=O)O)NC(=O)c1ccc(NCc2cnc3nc(N)[nH]c(=O)c3n2)cc1. The Morgan fingerprint density at radius 1 is 0.701 bits per heavy atom. The highest BCUT2D eigenvalue weighted by Gasteiger charge is 2.38. The molecule has 0 saturated carbocycles. The van der Waals surface area contributed by atoms with E-state index >= 15 is 0 Å². The summed E-state index contributed by atoms with van der Waals surface area (Å²) in [6.07, 6.45) is -1.01. The summed E-state index contributed by atoms with van der Waals surface area (Å²) in [5.41, 5.74) is 6.51. The van der Waals surface area contributed by atoms with Gasteiger partial charge in [0.25, 0.3) is 11.5 Å². The van der Waals surface area contributed by atoms with E-state index < -0.39 is 150 Å². The van der Waals surface area contributed by atoms with Gasteiger partial charge in [-0.3, -0.25) is 67.4 Å². The molecule has 1 aliphatic rings. The van der Waals surface area contributed by atoms with Crippen molar-refractivity contribution in [3.63, 3.8) is 0 Å². The van der Waals surface area contributed by atoms with E-state index in [1.54, 1.807) is 31.2 Å². The second-order valence-electron chi connectivity index (χ2n) is 17.8. The molecule has 1 fully saturated rings. The maximum atomic E-state index is 13.4. The molecule has 9 amide bonds. The summed E-state index contributed by atoms with van der Waals surface area (Å²) in [6, 6.07) is -3.07. The average molecular weight is 1100 g/mol. The lowest BCUT2D eigenvalue weighted by atomic mass is 10.1. The lowest BCUT2D eigenvalue weighted by Crippen LogP contribution is -2.58. The molecule has 416 valence electrons. The molecule has 4 rings (SSSR count). The summed E-state index contributed by atoms with van der Waals surface area (Å²) in [4.78, 5) is 179. The Morgan fingerprint density at radius 3 is 1.74 bits per heavy atom. The van der Waals surface area contributed by atoms with Crippen molar-refractivity contribution in [2.75, 3.05) is 23.9 Å². The number of likely N-dealkylation sites (tertiary alicyclic amines) is 1. The zero-order valence-corrected chi connectivity index (χ0v) is 43.1. The molecular formula is C46H60N14O16S. The number of rotatable bonds is 29. The van der Waals surface area contributed by atoms with Crippen LogP contribution in [0.4, 0.5) is 11.6 Å². The molecule has 30 nitrogen and oxygen atoms in total. The molecular weight excluding hydrogens is 1040 g/mol. The number of thioether (sulfide) groups is 1. The van der Waals surface area contributed by atoms with Crippen molar-refractivity contribution in [2.24, 2.45) is 0 Å². The fourth-order valence-corrected chi connectivity index (χ4v) is 8.27. The van der Waals surface area contributed by atoms with Gasteiger partial charge in [0, 0.05) is 55.8 Å². The monoisotopic (exact) mass is 1100 g/mol. The summed E-state index contributed by atoms with van der Waals surface area (Å²) >= 11 is 0.838. The van der Waals surface area contributed by atoms with Gasteiger partial charge in [-0.2, -0.15) is 4.98 Å². The molecule has 77 heavy (non-hydrogen) atoms. The van der Waals surface area contributed by atoms with Gasteiger partial charge in [-0.05, 0) is 71.2 Å². The molecule has 1 unspecified atom stereocenters. The van der Waals surface area contributed by atoms with Crippen molar-refractivity contribution >= 4 is 106 Å². The number of aromatic nitrogens is 4. The van der Waals surface area contributed by atoms with Gasteiger partial charge in [0.2, 0.25) is 53.2 Å². The molecule has 3 aromatic rings. The van der Waals surface area contributed by atoms with E-state index in [0.29, 0.717) is 16.9 Å². The lowest BCUT2D eigenvalue weighted by Gasteiger charge is -2.25. The number of nitrogens with one attached hydrogen (secondary N) is 9. The predicted octanol–water partition coefficient (Wildman–Crippen LogP) is -2.92. The fourth-order valence-electron chi connectivity index (χ4n) is 7.06. The van der Waals surface area contributed by atoms with Gasteiger partial charge in [0.1, 0.15) is 36.3 Å². The Morgan fingerprint density at radius 2 is 1.23 bits per heavy atom. The van der Waals surface area contributed by atoms with Gasteiger partial charge >= 0.3 is 17.9 Å². The van der Waals surface area contributed by atoms with E-state index in [1.165, 1.54) is 27.1 Å². The number of aromatic amines is 1. The topological polar surface area (TPSA) is 463 Å². The third-order valence-electron chi connectivity index (χ3n) is 11.5. The molecule has 1 aromatic carbocycles. The third-order valence-corrected chi connectivity index (χ3v) is 12.8. The van der Waals surface area contributed by atoms with Gasteiger partial charge < -0.3 is 63.6 Å². The Kier molecular flexibility index (Phi) is 22.3. The first-order valence-corrected chi connectivity index (χ1v) is 24.8. The van der Waals surface area contributed by atoms with Crippen LogP contribution in [0.1, 0.15) is 88.7 Å². The van der Waals surface area contributed by atoms with Crippen LogP contribution in [0.3, 0.4) is 0 Å². The lowest BCUT2D eigenvalue weighted by molar-refractivity contribution is -0.141. The van der Waals surface area contributed by atoms with Crippen LogP contribution in [-0.2, 0) is 59.3 Å². The molecule has 0 aliphatic carbocycles. The van der Waals surface area contributed by atoms with E-state index in [-0.39, 0.29) is 48.7 Å². The van der Waals surface area contributed by atoms with Crippen molar-refractivity contribution in [2.45, 2.75) is 127 Å². The number of carbonyl (C=O) groups excluding carboxylic acids is 9. The molecule has 14 N–H and O–H groups in total. The largest absolute Gasteiger partial charge is 0.481 e. The number of hydrogen-bond donors (Lipinski definition) is 13. The van der Waals surface area contributed by atoms with E-state index in [0.717, 1.165) is 23.6 Å². The molecule has 1 aliphatic heterocycles. The minimum Gasteiger partial charge on any atom is -0.481 e. The molecule has 0 spiro atoms. The maximum absolute atomic E-state index is 13.4. The smallest absolute Gasteiger partial charge is 0.327 e. The van der Waals surface area contributed by atoms with Gasteiger partial charge in [-0.15, -0.1) is 11.8 Å². The van der Waals surface area contributed by atoms with E-state index in [2.05, 4.69) is 62.5 Å². The number of hydrogen-bond acceptors (Lipinski definition) is 19. The number of nitrogen functional groups attached to an aromatic ring is 1.